The lowest BCUT2D eigenvalue weighted by molar-refractivity contribution is -0.136. The van der Waals surface area contributed by atoms with Crippen molar-refractivity contribution >= 4 is 39.1 Å². The molecule has 0 aliphatic carbocycles. The van der Waals surface area contributed by atoms with E-state index in [9.17, 15) is 28.1 Å². The second-order valence-electron chi connectivity index (χ2n) is 11.1. The summed E-state index contributed by atoms with van der Waals surface area (Å²) in [7, 11) is -2.94. The number of aryl methyl sites for hydroxylation is 2. The van der Waals surface area contributed by atoms with Gasteiger partial charge in [0.25, 0.3) is 0 Å². The molecule has 4 rings (SSSR count). The van der Waals surface area contributed by atoms with Crippen molar-refractivity contribution < 1.29 is 22.8 Å². The molecule has 3 amide bonds. The number of likely N-dealkylation sites (tertiary alicyclic amines) is 1. The molecule has 2 aliphatic heterocycles. The molecule has 3 atom stereocenters. The zero-order valence-electron chi connectivity index (χ0n) is 23.4. The number of para-hydroxylation sites is 2. The number of nitrogens with one attached hydrogen (secondary N) is 2. The molecule has 212 valence electrons. The Morgan fingerprint density at radius 1 is 1.18 bits per heavy atom. The fourth-order valence-electron chi connectivity index (χ4n) is 5.68. The molecule has 0 unspecified atom stereocenters. The van der Waals surface area contributed by atoms with Gasteiger partial charge >= 0.3 is 0 Å². The zero-order chi connectivity index (χ0) is 29.4. The van der Waals surface area contributed by atoms with Crippen LogP contribution in [0.1, 0.15) is 43.4 Å². The van der Waals surface area contributed by atoms with E-state index in [1.54, 1.807) is 18.2 Å². The van der Waals surface area contributed by atoms with Crippen LogP contribution >= 0.6 is 0 Å². The van der Waals surface area contributed by atoms with Gasteiger partial charge in [-0.15, -0.1) is 0 Å². The van der Waals surface area contributed by atoms with Crippen molar-refractivity contribution in [3.8, 4) is 6.07 Å². The minimum atomic E-state index is -4.22. The number of amides is 3. The molecule has 0 saturated carbocycles. The van der Waals surface area contributed by atoms with Crippen molar-refractivity contribution in [3.05, 3.63) is 59.2 Å². The number of rotatable bonds is 8. The van der Waals surface area contributed by atoms with Gasteiger partial charge in [-0.1, -0.05) is 50.2 Å². The Morgan fingerprint density at radius 2 is 1.82 bits per heavy atom. The molecule has 11 heteroatoms. The Labute approximate surface area is 235 Å². The quantitative estimate of drug-likeness (QED) is 0.505. The van der Waals surface area contributed by atoms with E-state index in [2.05, 4.69) is 16.7 Å². The van der Waals surface area contributed by atoms with E-state index in [1.165, 1.54) is 11.9 Å². The highest BCUT2D eigenvalue weighted by atomic mass is 32.2. The molecule has 2 aromatic carbocycles. The molecule has 40 heavy (non-hydrogen) atoms. The van der Waals surface area contributed by atoms with E-state index in [1.807, 2.05) is 52.0 Å². The Kier molecular flexibility index (Phi) is 8.06. The lowest BCUT2D eigenvalue weighted by atomic mass is 9.80. The third-order valence-electron chi connectivity index (χ3n) is 7.83. The number of hydrogen-bond donors (Lipinski definition) is 2. The Balaban J connectivity index is 1.59. The number of likely N-dealkylation sites (N-methyl/N-ethyl adjacent to an activating group) is 1. The first-order valence-corrected chi connectivity index (χ1v) is 14.8. The second-order valence-corrected chi connectivity index (χ2v) is 13.2. The van der Waals surface area contributed by atoms with Gasteiger partial charge in [-0.2, -0.15) is 9.57 Å². The van der Waals surface area contributed by atoms with Gasteiger partial charge in [0.15, 0.2) is 0 Å². The fourth-order valence-corrected chi connectivity index (χ4v) is 6.85. The van der Waals surface area contributed by atoms with E-state index in [0.29, 0.717) is 11.4 Å². The molecular formula is C29H35N5O5S. The third kappa shape index (κ3) is 5.33. The minimum absolute atomic E-state index is 0.0392. The van der Waals surface area contributed by atoms with Gasteiger partial charge in [-0.05, 0) is 48.9 Å². The van der Waals surface area contributed by atoms with Gasteiger partial charge in [-0.3, -0.25) is 14.4 Å². The summed E-state index contributed by atoms with van der Waals surface area (Å²) in [5.74, 6) is -2.47. The van der Waals surface area contributed by atoms with Crippen LogP contribution in [0, 0.1) is 31.1 Å². The summed E-state index contributed by atoms with van der Waals surface area (Å²) in [4.78, 5) is 41.3. The highest BCUT2D eigenvalue weighted by Gasteiger charge is 2.56. The van der Waals surface area contributed by atoms with Crippen molar-refractivity contribution in [2.24, 2.45) is 5.92 Å². The number of hydrogen-bond acceptors (Lipinski definition) is 6. The molecule has 0 aromatic heterocycles. The average molecular weight is 566 g/mol. The van der Waals surface area contributed by atoms with Crippen LogP contribution in [-0.4, -0.2) is 66.8 Å². The molecular weight excluding hydrogens is 530 g/mol. The fraction of sp³-hybridized carbons (Fsp3) is 0.448. The summed E-state index contributed by atoms with van der Waals surface area (Å²) in [5, 5.41) is 15.5. The van der Waals surface area contributed by atoms with Gasteiger partial charge in [0.2, 0.25) is 27.7 Å². The second kappa shape index (κ2) is 11.0. The zero-order valence-corrected chi connectivity index (χ0v) is 24.2. The first-order chi connectivity index (χ1) is 18.8. The van der Waals surface area contributed by atoms with E-state index >= 15 is 0 Å². The van der Waals surface area contributed by atoms with Crippen molar-refractivity contribution in [3.63, 3.8) is 0 Å². The van der Waals surface area contributed by atoms with Crippen LogP contribution in [0.3, 0.4) is 0 Å². The van der Waals surface area contributed by atoms with Gasteiger partial charge in [0, 0.05) is 31.4 Å². The predicted octanol–water partition coefficient (Wildman–Crippen LogP) is 2.93. The number of nitrogens with zero attached hydrogens (tertiary/aromatic N) is 3. The van der Waals surface area contributed by atoms with Crippen molar-refractivity contribution in [2.45, 2.75) is 58.0 Å². The molecule has 10 nitrogen and oxygen atoms in total. The number of fused-ring (bicyclic) bond motifs is 2. The number of carbonyl (C=O) groups excluding carboxylic acids is 3. The van der Waals surface area contributed by atoms with E-state index in [-0.39, 0.29) is 31.2 Å². The number of carbonyl (C=O) groups is 3. The van der Waals surface area contributed by atoms with Crippen LogP contribution in [0.25, 0.3) is 0 Å². The van der Waals surface area contributed by atoms with Crippen LogP contribution in [0.2, 0.25) is 0 Å². The first kappa shape index (κ1) is 29.2. The molecule has 0 bridgehead atoms. The lowest BCUT2D eigenvalue weighted by Gasteiger charge is -2.32. The Hall–Kier alpha value is -3.75. The maximum atomic E-state index is 14.0. The number of benzene rings is 2. The number of nitriles is 1. The van der Waals surface area contributed by atoms with Gasteiger partial charge in [0.1, 0.15) is 17.8 Å². The maximum absolute atomic E-state index is 14.0. The summed E-state index contributed by atoms with van der Waals surface area (Å²) < 4.78 is 27.8. The molecule has 0 radical (unpaired) electrons. The first-order valence-electron chi connectivity index (χ1n) is 13.2. The van der Waals surface area contributed by atoms with Crippen molar-refractivity contribution in [1.82, 2.24) is 9.21 Å². The van der Waals surface area contributed by atoms with Crippen LogP contribution in [0.5, 0.6) is 0 Å². The minimum Gasteiger partial charge on any atom is -0.325 e. The largest absolute Gasteiger partial charge is 0.325 e. The van der Waals surface area contributed by atoms with Crippen LogP contribution in [-0.2, 0) is 29.8 Å². The monoisotopic (exact) mass is 565 g/mol. The molecule has 1 fully saturated rings. The van der Waals surface area contributed by atoms with Gasteiger partial charge < -0.3 is 15.5 Å². The highest BCUT2D eigenvalue weighted by Crippen LogP contribution is 2.46. The normalized spacial score (nSPS) is 20.9. The lowest BCUT2D eigenvalue weighted by Crippen LogP contribution is -2.52. The molecule has 2 N–H and O–H groups in total. The standard InChI is InChI=1S/C29H35N5O5S/c1-18(2)13-24(33(5)40(38,39)16-25(35)32-26-19(3)9-8-10-20(26)4)27(36)34-17-29(14-21(34)15-30)22-11-6-7-12-23(22)31-28(29)37/h6-12,18,21,24H,13-14,16-17H2,1-5H3,(H,31,37)(H,32,35)/t21-,24-,29-/m0/s1. The topological polar surface area (TPSA) is 140 Å². The van der Waals surface area contributed by atoms with E-state index in [0.717, 1.165) is 21.0 Å². The molecule has 2 aliphatic rings. The Bertz CT molecular complexity index is 1480. The SMILES string of the molecule is Cc1cccc(C)c1NC(=O)CS(=O)(=O)N(C)[C@@H](CC(C)C)C(=O)N1C[C@]2(C[C@H]1C#N)C(=O)Nc1ccccc12. The van der Waals surface area contributed by atoms with Gasteiger partial charge in [0.05, 0.1) is 11.5 Å². The van der Waals surface area contributed by atoms with Crippen LogP contribution in [0.15, 0.2) is 42.5 Å². The Morgan fingerprint density at radius 3 is 2.45 bits per heavy atom. The highest BCUT2D eigenvalue weighted by molar-refractivity contribution is 7.89. The molecule has 1 saturated heterocycles. The maximum Gasteiger partial charge on any atom is 0.242 e. The predicted molar refractivity (Wildman–Crippen MR) is 152 cm³/mol. The molecule has 2 heterocycles. The molecule has 1 spiro atoms. The van der Waals surface area contributed by atoms with Gasteiger partial charge in [-0.25, -0.2) is 8.42 Å². The number of anilines is 2. The smallest absolute Gasteiger partial charge is 0.242 e. The summed E-state index contributed by atoms with van der Waals surface area (Å²) >= 11 is 0. The third-order valence-corrected chi connectivity index (χ3v) is 9.59. The van der Waals surface area contributed by atoms with Crippen LogP contribution < -0.4 is 10.6 Å². The van der Waals surface area contributed by atoms with E-state index < -0.39 is 45.1 Å². The summed E-state index contributed by atoms with van der Waals surface area (Å²) in [6.45, 7) is 7.32. The average Bonchev–Trinajstić information content (AvgIpc) is 3.41. The summed E-state index contributed by atoms with van der Waals surface area (Å²) in [5.41, 5.74) is 2.43. The summed E-state index contributed by atoms with van der Waals surface area (Å²) in [6, 6.07) is 12.8. The molecule has 2 aromatic rings. The number of sulfonamides is 1. The van der Waals surface area contributed by atoms with Crippen LogP contribution in [0.4, 0.5) is 11.4 Å². The summed E-state index contributed by atoms with van der Waals surface area (Å²) in [6.07, 6.45) is 0.290. The van der Waals surface area contributed by atoms with E-state index in [4.69, 9.17) is 0 Å². The van der Waals surface area contributed by atoms with Crippen molar-refractivity contribution in [2.75, 3.05) is 30.0 Å². The van der Waals surface area contributed by atoms with Crippen molar-refractivity contribution in [1.29, 1.82) is 5.26 Å².